The maximum atomic E-state index is 13.5. The first kappa shape index (κ1) is 34.5. The van der Waals surface area contributed by atoms with Crippen LogP contribution in [-0.2, 0) is 30.4 Å². The van der Waals surface area contributed by atoms with Gasteiger partial charge < -0.3 is 25.4 Å². The van der Waals surface area contributed by atoms with E-state index in [0.29, 0.717) is 17.1 Å². The monoisotopic (exact) mass is 691 g/mol. The van der Waals surface area contributed by atoms with E-state index in [9.17, 15) is 19.2 Å². The van der Waals surface area contributed by atoms with Crippen molar-refractivity contribution < 1.29 is 28.7 Å². The zero-order valence-corrected chi connectivity index (χ0v) is 28.1. The minimum absolute atomic E-state index is 0.0150. The number of carbonyl (C=O) groups excluding carboxylic acids is 4. The second-order valence-electron chi connectivity index (χ2n) is 12.4. The maximum absolute atomic E-state index is 13.5. The van der Waals surface area contributed by atoms with Gasteiger partial charge in [-0.05, 0) is 58.4 Å². The number of fused-ring (bicyclic) bond motifs is 3. The van der Waals surface area contributed by atoms with E-state index >= 15 is 0 Å². The van der Waals surface area contributed by atoms with E-state index in [-0.39, 0.29) is 50.1 Å². The molecule has 0 unspecified atom stereocenters. The van der Waals surface area contributed by atoms with E-state index in [1.165, 1.54) is 0 Å². The number of hydrogen-bond donors (Lipinski definition) is 3. The average molecular weight is 692 g/mol. The SMILES string of the molecule is O=C(C[C@@H]1C/C=C/C[C@@H](NC(=O)OCC2c3ccccc3-c3ccccc32)C(=O)O[C@H](c2ccccc2)CNC1=O)NCc1ccc(Cl)cc1. The summed E-state index contributed by atoms with van der Waals surface area (Å²) in [6, 6.07) is 31.3. The van der Waals surface area contributed by atoms with Gasteiger partial charge >= 0.3 is 12.1 Å². The van der Waals surface area contributed by atoms with Crippen LogP contribution in [0.4, 0.5) is 4.79 Å². The van der Waals surface area contributed by atoms with Crippen LogP contribution in [0.2, 0.25) is 5.02 Å². The summed E-state index contributed by atoms with van der Waals surface area (Å²) in [4.78, 5) is 52.9. The van der Waals surface area contributed by atoms with Crippen LogP contribution in [0, 0.1) is 5.92 Å². The number of halogens is 1. The van der Waals surface area contributed by atoms with E-state index in [1.807, 2.05) is 66.7 Å². The average Bonchev–Trinajstić information content (AvgIpc) is 3.46. The fourth-order valence-electron chi connectivity index (χ4n) is 6.33. The van der Waals surface area contributed by atoms with Gasteiger partial charge in [-0.3, -0.25) is 9.59 Å². The molecule has 3 N–H and O–H groups in total. The van der Waals surface area contributed by atoms with Gasteiger partial charge in [0.05, 0.1) is 12.5 Å². The lowest BCUT2D eigenvalue weighted by molar-refractivity contribution is -0.152. The fraction of sp³-hybridized carbons (Fsp3) is 0.250. The summed E-state index contributed by atoms with van der Waals surface area (Å²) in [5, 5.41) is 9.05. The van der Waals surface area contributed by atoms with E-state index in [2.05, 4.69) is 28.1 Å². The minimum Gasteiger partial charge on any atom is -0.454 e. The van der Waals surface area contributed by atoms with Gasteiger partial charge in [-0.2, -0.15) is 0 Å². The molecule has 0 aromatic heterocycles. The standard InChI is InChI=1S/C40H38ClN3O6/c41-29-20-18-26(19-21-29)23-42-37(45)22-28-12-4-9-17-35(39(47)50-36(24-43-38(28)46)27-10-2-1-3-11-27)44-40(48)49-25-34-32-15-7-5-13-30(32)31-14-6-8-16-33(31)34/h1-11,13-16,18-21,28,34-36H,12,17,22-25H2,(H,42,45)(H,43,46)(H,44,48)/b9-4+/t28-,35+,36-/m0/s1. The molecule has 50 heavy (non-hydrogen) atoms. The van der Waals surface area contributed by atoms with Crippen LogP contribution in [0.1, 0.15) is 53.5 Å². The largest absolute Gasteiger partial charge is 0.454 e. The molecule has 0 saturated heterocycles. The number of amides is 3. The Balaban J connectivity index is 1.13. The molecule has 4 aromatic rings. The Labute approximate surface area is 296 Å². The predicted octanol–water partition coefficient (Wildman–Crippen LogP) is 6.62. The highest BCUT2D eigenvalue weighted by Crippen LogP contribution is 2.44. The molecule has 10 heteroatoms. The van der Waals surface area contributed by atoms with E-state index in [0.717, 1.165) is 27.8 Å². The molecule has 3 atom stereocenters. The molecule has 256 valence electrons. The maximum Gasteiger partial charge on any atom is 0.407 e. The number of ether oxygens (including phenoxy) is 2. The molecule has 0 spiro atoms. The van der Waals surface area contributed by atoms with E-state index in [4.69, 9.17) is 21.1 Å². The summed E-state index contributed by atoms with van der Waals surface area (Å²) >= 11 is 5.96. The number of cyclic esters (lactones) is 1. The lowest BCUT2D eigenvalue weighted by Crippen LogP contribution is -2.44. The molecular formula is C40H38ClN3O6. The van der Waals surface area contributed by atoms with Gasteiger partial charge in [0.15, 0.2) is 0 Å². The van der Waals surface area contributed by atoms with Gasteiger partial charge in [-0.25, -0.2) is 9.59 Å². The lowest BCUT2D eigenvalue weighted by Gasteiger charge is -2.25. The van der Waals surface area contributed by atoms with Crippen molar-refractivity contribution in [3.05, 3.63) is 143 Å². The highest BCUT2D eigenvalue weighted by molar-refractivity contribution is 6.30. The van der Waals surface area contributed by atoms with Crippen molar-refractivity contribution in [2.75, 3.05) is 13.2 Å². The summed E-state index contributed by atoms with van der Waals surface area (Å²) in [7, 11) is 0. The molecule has 0 fully saturated rings. The first-order chi connectivity index (χ1) is 24.4. The third kappa shape index (κ3) is 8.59. The smallest absolute Gasteiger partial charge is 0.407 e. The zero-order valence-electron chi connectivity index (χ0n) is 27.3. The van der Waals surface area contributed by atoms with Crippen molar-refractivity contribution in [1.29, 1.82) is 0 Å². The molecule has 0 bridgehead atoms. The minimum atomic E-state index is -1.05. The number of esters is 1. The van der Waals surface area contributed by atoms with E-state index < -0.39 is 30.1 Å². The molecule has 9 nitrogen and oxygen atoms in total. The number of allylic oxidation sites excluding steroid dienone is 1. The second kappa shape index (κ2) is 16.3. The van der Waals surface area contributed by atoms with Crippen LogP contribution in [0.25, 0.3) is 11.1 Å². The third-order valence-corrected chi connectivity index (χ3v) is 9.23. The molecule has 0 radical (unpaired) electrons. The molecule has 0 saturated carbocycles. The number of alkyl carbamates (subject to hydrolysis) is 1. The van der Waals surface area contributed by atoms with Crippen LogP contribution in [0.3, 0.4) is 0 Å². The Hall–Kier alpha value is -5.41. The van der Waals surface area contributed by atoms with Crippen LogP contribution in [0.15, 0.2) is 115 Å². The van der Waals surface area contributed by atoms with Gasteiger partial charge in [0, 0.05) is 23.9 Å². The van der Waals surface area contributed by atoms with Crippen LogP contribution < -0.4 is 16.0 Å². The molecule has 6 rings (SSSR count). The highest BCUT2D eigenvalue weighted by atomic mass is 35.5. The van der Waals surface area contributed by atoms with Crippen molar-refractivity contribution in [3.63, 3.8) is 0 Å². The normalized spacial score (nSPS) is 19.7. The van der Waals surface area contributed by atoms with Crippen LogP contribution >= 0.6 is 11.6 Å². The molecular weight excluding hydrogens is 654 g/mol. The van der Waals surface area contributed by atoms with Crippen molar-refractivity contribution in [2.24, 2.45) is 5.92 Å². The number of benzene rings is 4. The fourth-order valence-corrected chi connectivity index (χ4v) is 6.45. The van der Waals surface area contributed by atoms with Gasteiger partial charge in [-0.1, -0.05) is 115 Å². The topological polar surface area (TPSA) is 123 Å². The Morgan fingerprint density at radius 1 is 0.820 bits per heavy atom. The van der Waals surface area contributed by atoms with Crippen LogP contribution in [-0.4, -0.2) is 43.1 Å². The van der Waals surface area contributed by atoms with Crippen molar-refractivity contribution >= 4 is 35.5 Å². The Kier molecular flexibility index (Phi) is 11.3. The first-order valence-electron chi connectivity index (χ1n) is 16.7. The number of hydrogen-bond acceptors (Lipinski definition) is 6. The summed E-state index contributed by atoms with van der Waals surface area (Å²) in [6.07, 6.45) is 2.19. The lowest BCUT2D eigenvalue weighted by atomic mass is 9.98. The Bertz CT molecular complexity index is 1820. The molecule has 3 amide bonds. The summed E-state index contributed by atoms with van der Waals surface area (Å²) in [5.74, 6) is -2.08. The summed E-state index contributed by atoms with van der Waals surface area (Å²) in [6.45, 7) is 0.381. The molecule has 2 aliphatic rings. The first-order valence-corrected chi connectivity index (χ1v) is 17.0. The van der Waals surface area contributed by atoms with Crippen LogP contribution in [0.5, 0.6) is 0 Å². The molecule has 1 heterocycles. The third-order valence-electron chi connectivity index (χ3n) is 8.98. The van der Waals surface area contributed by atoms with Gasteiger partial charge in [0.2, 0.25) is 11.8 Å². The quantitative estimate of drug-likeness (QED) is 0.141. The number of nitrogens with one attached hydrogen (secondary N) is 3. The van der Waals surface area contributed by atoms with E-state index in [1.54, 1.807) is 36.4 Å². The van der Waals surface area contributed by atoms with Gasteiger partial charge in [-0.15, -0.1) is 0 Å². The number of rotatable bonds is 8. The summed E-state index contributed by atoms with van der Waals surface area (Å²) < 4.78 is 11.6. The van der Waals surface area contributed by atoms with Crippen molar-refractivity contribution in [1.82, 2.24) is 16.0 Å². The van der Waals surface area contributed by atoms with Gasteiger partial charge in [0.25, 0.3) is 0 Å². The Morgan fingerprint density at radius 2 is 1.46 bits per heavy atom. The van der Waals surface area contributed by atoms with Crippen molar-refractivity contribution in [3.8, 4) is 11.1 Å². The molecule has 1 aliphatic carbocycles. The molecule has 1 aliphatic heterocycles. The predicted molar refractivity (Wildman–Crippen MR) is 190 cm³/mol. The van der Waals surface area contributed by atoms with Gasteiger partial charge in [0.1, 0.15) is 18.8 Å². The highest BCUT2D eigenvalue weighted by Gasteiger charge is 2.31. The second-order valence-corrected chi connectivity index (χ2v) is 12.8. The summed E-state index contributed by atoms with van der Waals surface area (Å²) in [5.41, 5.74) is 5.94. The van der Waals surface area contributed by atoms with Crippen molar-refractivity contribution in [2.45, 2.75) is 43.9 Å². The zero-order chi connectivity index (χ0) is 34.9. The molecule has 4 aromatic carbocycles. The Morgan fingerprint density at radius 3 is 2.16 bits per heavy atom. The number of carbonyl (C=O) groups is 4.